The number of halogens is 1. The van der Waals surface area contributed by atoms with Gasteiger partial charge in [0.15, 0.2) is 0 Å². The van der Waals surface area contributed by atoms with Crippen molar-refractivity contribution in [3.05, 3.63) is 42.0 Å². The van der Waals surface area contributed by atoms with Crippen molar-refractivity contribution in [3.63, 3.8) is 0 Å². The first kappa shape index (κ1) is 12.8. The van der Waals surface area contributed by atoms with Crippen LogP contribution in [-0.2, 0) is 4.74 Å². The van der Waals surface area contributed by atoms with E-state index in [1.165, 1.54) is 0 Å². The summed E-state index contributed by atoms with van der Waals surface area (Å²) in [5, 5.41) is 0. The fourth-order valence-corrected chi connectivity index (χ4v) is 1.39. The Labute approximate surface area is 101 Å². The Hall–Kier alpha value is -1.28. The molecule has 0 aliphatic carbocycles. The molecule has 0 aliphatic rings. The summed E-state index contributed by atoms with van der Waals surface area (Å²) in [6, 6.07) is 7.15. The number of esters is 1. The van der Waals surface area contributed by atoms with Crippen LogP contribution in [0.4, 0.5) is 0 Å². The lowest BCUT2D eigenvalue weighted by Gasteiger charge is -2.04. The molecular weight excluding hydrogens is 224 g/mol. The Morgan fingerprint density at radius 3 is 2.56 bits per heavy atom. The van der Waals surface area contributed by atoms with Crippen molar-refractivity contribution in [2.75, 3.05) is 12.5 Å². The minimum absolute atomic E-state index is 0.287. The first-order valence-corrected chi connectivity index (χ1v) is 5.77. The third-order valence-electron chi connectivity index (χ3n) is 2.14. The molecule has 16 heavy (non-hydrogen) atoms. The summed E-state index contributed by atoms with van der Waals surface area (Å²) in [6.07, 6.45) is 3.40. The van der Waals surface area contributed by atoms with Crippen LogP contribution in [0.1, 0.15) is 28.8 Å². The molecule has 0 N–H and O–H groups in total. The molecule has 2 nitrogen and oxygen atoms in total. The average molecular weight is 239 g/mol. The van der Waals surface area contributed by atoms with Crippen molar-refractivity contribution in [2.24, 2.45) is 0 Å². The molecular formula is C13H15ClO2. The predicted octanol–water partition coefficient (Wildman–Crippen LogP) is 3.51. The zero-order valence-electron chi connectivity index (χ0n) is 9.12. The van der Waals surface area contributed by atoms with Crippen molar-refractivity contribution >= 4 is 23.6 Å². The van der Waals surface area contributed by atoms with Crippen molar-refractivity contribution in [2.45, 2.75) is 12.8 Å². The molecule has 0 spiro atoms. The Morgan fingerprint density at radius 1 is 1.31 bits per heavy atom. The molecule has 0 amide bonds. The van der Waals surface area contributed by atoms with E-state index in [9.17, 15) is 4.79 Å². The Balaban J connectivity index is 2.43. The normalized spacial score (nSPS) is 9.81. The van der Waals surface area contributed by atoms with Gasteiger partial charge >= 0.3 is 5.97 Å². The highest BCUT2D eigenvalue weighted by atomic mass is 35.5. The molecule has 0 radical (unpaired) electrons. The molecule has 0 fully saturated rings. The molecule has 0 saturated carbocycles. The number of unbranched alkanes of at least 4 members (excludes halogenated alkanes) is 1. The van der Waals surface area contributed by atoms with Gasteiger partial charge in [-0.25, -0.2) is 4.79 Å². The maximum atomic E-state index is 11.5. The van der Waals surface area contributed by atoms with Gasteiger partial charge in [0.2, 0.25) is 0 Å². The van der Waals surface area contributed by atoms with Crippen LogP contribution in [-0.4, -0.2) is 18.5 Å². The van der Waals surface area contributed by atoms with Crippen LogP contribution in [0.5, 0.6) is 0 Å². The van der Waals surface area contributed by atoms with Crippen LogP contribution in [0.2, 0.25) is 0 Å². The standard InChI is InChI=1S/C13H15ClO2/c1-2-11-5-7-12(8-6-11)13(15)16-10-4-3-9-14/h2,5-8H,1,3-4,9-10H2. The van der Waals surface area contributed by atoms with E-state index in [1.54, 1.807) is 18.2 Å². The molecule has 1 aromatic rings. The van der Waals surface area contributed by atoms with Crippen LogP contribution in [0.3, 0.4) is 0 Å². The predicted molar refractivity (Wildman–Crippen MR) is 66.8 cm³/mol. The van der Waals surface area contributed by atoms with Gasteiger partial charge in [0.1, 0.15) is 0 Å². The number of ether oxygens (including phenoxy) is 1. The zero-order valence-corrected chi connectivity index (χ0v) is 9.87. The van der Waals surface area contributed by atoms with Gasteiger partial charge in [0, 0.05) is 5.88 Å². The number of benzene rings is 1. The van der Waals surface area contributed by atoms with E-state index in [1.807, 2.05) is 12.1 Å². The molecule has 0 atom stereocenters. The molecule has 86 valence electrons. The lowest BCUT2D eigenvalue weighted by Crippen LogP contribution is -2.06. The minimum atomic E-state index is -0.287. The van der Waals surface area contributed by atoms with Crippen LogP contribution in [0, 0.1) is 0 Å². The summed E-state index contributed by atoms with van der Waals surface area (Å²) >= 11 is 5.52. The van der Waals surface area contributed by atoms with Gasteiger partial charge in [0.25, 0.3) is 0 Å². The van der Waals surface area contributed by atoms with E-state index in [0.717, 1.165) is 18.4 Å². The second-order valence-corrected chi connectivity index (χ2v) is 3.74. The van der Waals surface area contributed by atoms with Crippen LogP contribution in [0.15, 0.2) is 30.8 Å². The second kappa shape index (κ2) is 7.07. The quantitative estimate of drug-likeness (QED) is 0.431. The van der Waals surface area contributed by atoms with Gasteiger partial charge in [-0.3, -0.25) is 0 Å². The summed E-state index contributed by atoms with van der Waals surface area (Å²) in [7, 11) is 0. The van der Waals surface area contributed by atoms with Crippen molar-refractivity contribution < 1.29 is 9.53 Å². The number of carbonyl (C=O) groups excluding carboxylic acids is 1. The molecule has 0 aliphatic heterocycles. The molecule has 3 heteroatoms. The third kappa shape index (κ3) is 4.07. The van der Waals surface area contributed by atoms with Gasteiger partial charge < -0.3 is 4.74 Å². The SMILES string of the molecule is C=Cc1ccc(C(=O)OCCCCCl)cc1. The smallest absolute Gasteiger partial charge is 0.338 e. The van der Waals surface area contributed by atoms with Crippen LogP contribution in [0.25, 0.3) is 6.08 Å². The highest BCUT2D eigenvalue weighted by Crippen LogP contribution is 2.07. The van der Waals surface area contributed by atoms with Gasteiger partial charge in [0.05, 0.1) is 12.2 Å². The Kier molecular flexibility index (Phi) is 5.65. The second-order valence-electron chi connectivity index (χ2n) is 3.36. The summed E-state index contributed by atoms with van der Waals surface area (Å²) in [6.45, 7) is 4.07. The average Bonchev–Trinajstić information content (AvgIpc) is 2.34. The van der Waals surface area contributed by atoms with E-state index in [-0.39, 0.29) is 5.97 Å². The summed E-state index contributed by atoms with van der Waals surface area (Å²) in [5.74, 6) is 0.316. The first-order valence-electron chi connectivity index (χ1n) is 5.23. The fourth-order valence-electron chi connectivity index (χ4n) is 1.20. The molecule has 0 bridgehead atoms. The van der Waals surface area contributed by atoms with Gasteiger partial charge in [-0.05, 0) is 30.5 Å². The van der Waals surface area contributed by atoms with Crippen molar-refractivity contribution in [1.29, 1.82) is 0 Å². The maximum Gasteiger partial charge on any atom is 0.338 e. The van der Waals surface area contributed by atoms with Crippen LogP contribution < -0.4 is 0 Å². The minimum Gasteiger partial charge on any atom is -0.462 e. The summed E-state index contributed by atoms with van der Waals surface area (Å²) in [4.78, 5) is 11.5. The van der Waals surface area contributed by atoms with E-state index < -0.39 is 0 Å². The van der Waals surface area contributed by atoms with E-state index >= 15 is 0 Å². The number of rotatable bonds is 6. The lowest BCUT2D eigenvalue weighted by molar-refractivity contribution is 0.0500. The summed E-state index contributed by atoms with van der Waals surface area (Å²) in [5.41, 5.74) is 1.55. The Bertz CT molecular complexity index is 343. The van der Waals surface area contributed by atoms with Gasteiger partial charge in [-0.15, -0.1) is 11.6 Å². The number of hydrogen-bond acceptors (Lipinski definition) is 2. The third-order valence-corrected chi connectivity index (χ3v) is 2.41. The zero-order chi connectivity index (χ0) is 11.8. The lowest BCUT2D eigenvalue weighted by atomic mass is 10.1. The fraction of sp³-hybridized carbons (Fsp3) is 0.308. The Morgan fingerprint density at radius 2 is 2.00 bits per heavy atom. The maximum absolute atomic E-state index is 11.5. The molecule has 0 aromatic heterocycles. The molecule has 0 heterocycles. The van der Waals surface area contributed by atoms with Crippen molar-refractivity contribution in [3.8, 4) is 0 Å². The molecule has 1 rings (SSSR count). The largest absolute Gasteiger partial charge is 0.462 e. The highest BCUT2D eigenvalue weighted by Gasteiger charge is 2.05. The molecule has 1 aromatic carbocycles. The number of carbonyl (C=O) groups is 1. The van der Waals surface area contributed by atoms with Gasteiger partial charge in [-0.1, -0.05) is 24.8 Å². The topological polar surface area (TPSA) is 26.3 Å². The van der Waals surface area contributed by atoms with Crippen LogP contribution >= 0.6 is 11.6 Å². The highest BCUT2D eigenvalue weighted by molar-refractivity contribution is 6.17. The summed E-state index contributed by atoms with van der Waals surface area (Å²) < 4.78 is 5.08. The van der Waals surface area contributed by atoms with E-state index in [0.29, 0.717) is 18.1 Å². The molecule has 0 unspecified atom stereocenters. The van der Waals surface area contributed by atoms with Gasteiger partial charge in [-0.2, -0.15) is 0 Å². The van der Waals surface area contributed by atoms with E-state index in [2.05, 4.69) is 6.58 Å². The van der Waals surface area contributed by atoms with Crippen molar-refractivity contribution in [1.82, 2.24) is 0 Å². The first-order chi connectivity index (χ1) is 7.77. The monoisotopic (exact) mass is 238 g/mol. The number of hydrogen-bond donors (Lipinski definition) is 0. The van der Waals surface area contributed by atoms with E-state index in [4.69, 9.17) is 16.3 Å². The molecule has 0 saturated heterocycles. The number of alkyl halides is 1.